The van der Waals surface area contributed by atoms with E-state index in [-0.39, 0.29) is 56.4 Å². The number of nitrogens with one attached hydrogen (secondary N) is 1. The van der Waals surface area contributed by atoms with Crippen LogP contribution in [-0.2, 0) is 27.1 Å². The van der Waals surface area contributed by atoms with Crippen LogP contribution in [0.4, 0.5) is 35.5 Å². The molecule has 2 atom stereocenters. The van der Waals surface area contributed by atoms with Crippen molar-refractivity contribution in [1.82, 2.24) is 15.1 Å². The molecular formula is C23H24F7N3O4. The number of ether oxygens (including phenoxy) is 2. The molecule has 37 heavy (non-hydrogen) atoms. The maximum Gasteiger partial charge on any atom is 0.417 e. The number of benzene rings is 1. The molecule has 14 heteroatoms. The Labute approximate surface area is 206 Å². The summed E-state index contributed by atoms with van der Waals surface area (Å²) >= 11 is 0. The van der Waals surface area contributed by atoms with Crippen molar-refractivity contribution in [2.45, 2.75) is 56.0 Å². The molecule has 3 aliphatic heterocycles. The smallest absolute Gasteiger partial charge is 0.366 e. The maximum absolute atomic E-state index is 14.1. The Bertz CT molecular complexity index is 1080. The second kappa shape index (κ2) is 8.72. The summed E-state index contributed by atoms with van der Waals surface area (Å²) in [6.45, 7) is -0.0461. The van der Waals surface area contributed by atoms with Gasteiger partial charge in [0.15, 0.2) is 5.60 Å². The highest BCUT2D eigenvalue weighted by Crippen LogP contribution is 2.61. The molecule has 0 aromatic heterocycles. The molecule has 1 N–H and O–H groups in total. The van der Waals surface area contributed by atoms with Crippen LogP contribution < -0.4 is 5.32 Å². The molecule has 1 aromatic carbocycles. The number of hydrogen-bond acceptors (Lipinski definition) is 4. The Hall–Kier alpha value is -2.61. The van der Waals surface area contributed by atoms with Gasteiger partial charge in [-0.3, -0.25) is 4.79 Å². The monoisotopic (exact) mass is 539 g/mol. The van der Waals surface area contributed by atoms with Crippen LogP contribution in [0, 0.1) is 11.2 Å². The van der Waals surface area contributed by atoms with Gasteiger partial charge in [-0.1, -0.05) is 6.07 Å². The van der Waals surface area contributed by atoms with E-state index in [9.17, 15) is 40.3 Å². The van der Waals surface area contributed by atoms with Crippen LogP contribution in [0.5, 0.6) is 0 Å². The van der Waals surface area contributed by atoms with Crippen LogP contribution >= 0.6 is 0 Å². The first-order valence-electron chi connectivity index (χ1n) is 11.7. The number of morpholine rings is 1. The number of nitrogens with zero attached hydrogens (tertiary/aromatic N) is 2. The summed E-state index contributed by atoms with van der Waals surface area (Å²) < 4.78 is 105. The molecular weight excluding hydrogens is 515 g/mol. The third kappa shape index (κ3) is 4.73. The number of carbonyl (C=O) groups excluding carboxylic acids is 2. The van der Waals surface area contributed by atoms with E-state index in [1.807, 2.05) is 0 Å². The molecule has 3 amide bonds. The van der Waals surface area contributed by atoms with Gasteiger partial charge in [-0.2, -0.15) is 26.3 Å². The summed E-state index contributed by atoms with van der Waals surface area (Å²) in [6.07, 6.45) is -10.1. The molecule has 4 fully saturated rings. The first-order valence-corrected chi connectivity index (χ1v) is 11.7. The average Bonchev–Trinajstić information content (AvgIpc) is 2.75. The summed E-state index contributed by atoms with van der Waals surface area (Å²) in [4.78, 5) is 27.4. The molecule has 0 bridgehead atoms. The highest BCUT2D eigenvalue weighted by molar-refractivity contribution is 5.79. The number of rotatable bonds is 3. The van der Waals surface area contributed by atoms with Crippen LogP contribution in [0.1, 0.15) is 30.4 Å². The normalized spacial score (nSPS) is 26.7. The van der Waals surface area contributed by atoms with E-state index in [1.165, 1.54) is 4.90 Å². The lowest BCUT2D eigenvalue weighted by molar-refractivity contribution is -0.348. The van der Waals surface area contributed by atoms with Gasteiger partial charge in [0.25, 0.3) is 0 Å². The highest BCUT2D eigenvalue weighted by Gasteiger charge is 2.72. The lowest BCUT2D eigenvalue weighted by Gasteiger charge is -2.64. The van der Waals surface area contributed by atoms with Gasteiger partial charge in [-0.05, 0) is 31.4 Å². The number of likely N-dealkylation sites (tertiary alicyclic amines) is 2. The molecule has 1 saturated carbocycles. The maximum atomic E-state index is 14.1. The van der Waals surface area contributed by atoms with E-state index in [0.717, 1.165) is 6.07 Å². The van der Waals surface area contributed by atoms with E-state index >= 15 is 0 Å². The summed E-state index contributed by atoms with van der Waals surface area (Å²) in [6, 6.07) is 0.914. The number of alkyl halides is 6. The standard InChI is InChI=1S/C23H24F7N3O4/c24-15-5-14(22(25,26)27)2-1-13(15)7-37-21(23(28,29)30)9-20(10-21)11-33(12-20)19(35)32-4-3-17-16(6-32)31-18(34)8-36-17/h1-2,5,16-17H,3-4,6-12H2,(H,31,34)/t16-,17+/m1/s1. The summed E-state index contributed by atoms with van der Waals surface area (Å²) in [5, 5.41) is 2.79. The molecule has 4 aliphatic rings. The van der Waals surface area contributed by atoms with Gasteiger partial charge in [0.1, 0.15) is 12.4 Å². The predicted molar refractivity (Wildman–Crippen MR) is 111 cm³/mol. The van der Waals surface area contributed by atoms with Gasteiger partial charge >= 0.3 is 18.4 Å². The molecule has 0 radical (unpaired) electrons. The number of halogens is 7. The van der Waals surface area contributed by atoms with Gasteiger partial charge in [-0.25, -0.2) is 9.18 Å². The van der Waals surface area contributed by atoms with Gasteiger partial charge in [-0.15, -0.1) is 0 Å². The molecule has 1 aliphatic carbocycles. The Morgan fingerprint density at radius 3 is 2.46 bits per heavy atom. The quantitative estimate of drug-likeness (QED) is 0.598. The lowest BCUT2D eigenvalue weighted by atomic mass is 9.54. The SMILES string of the molecule is O=C1CO[C@H]2CCN(C(=O)N3CC4(C3)CC(OCc3ccc(C(F)(F)F)cc3F)(C(F)(F)F)C4)C[C@H]2N1. The van der Waals surface area contributed by atoms with E-state index in [4.69, 9.17) is 9.47 Å². The second-order valence-corrected chi connectivity index (χ2v) is 10.3. The van der Waals surface area contributed by atoms with Crippen molar-refractivity contribution >= 4 is 11.9 Å². The van der Waals surface area contributed by atoms with E-state index in [1.54, 1.807) is 4.90 Å². The van der Waals surface area contributed by atoms with Gasteiger partial charge < -0.3 is 24.6 Å². The fourth-order valence-electron chi connectivity index (χ4n) is 5.80. The van der Waals surface area contributed by atoms with Crippen molar-refractivity contribution in [3.63, 3.8) is 0 Å². The molecule has 1 spiro atoms. The Balaban J connectivity index is 1.17. The Kier molecular flexibility index (Phi) is 6.13. The summed E-state index contributed by atoms with van der Waals surface area (Å²) in [5.41, 5.74) is -5.03. The minimum atomic E-state index is -4.79. The average molecular weight is 539 g/mol. The van der Waals surface area contributed by atoms with Gasteiger partial charge in [0, 0.05) is 37.2 Å². The predicted octanol–water partition coefficient (Wildman–Crippen LogP) is 3.47. The van der Waals surface area contributed by atoms with Crippen molar-refractivity contribution in [2.24, 2.45) is 5.41 Å². The number of fused-ring (bicyclic) bond motifs is 1. The number of amides is 3. The molecule has 3 saturated heterocycles. The van der Waals surface area contributed by atoms with E-state index < -0.39 is 59.8 Å². The molecule has 3 heterocycles. The third-order valence-electron chi connectivity index (χ3n) is 7.64. The molecule has 204 valence electrons. The molecule has 7 nitrogen and oxygen atoms in total. The number of piperidine rings is 1. The van der Waals surface area contributed by atoms with Crippen LogP contribution in [-0.4, -0.2) is 78.4 Å². The Morgan fingerprint density at radius 2 is 1.84 bits per heavy atom. The fraction of sp³-hybridized carbons (Fsp3) is 0.652. The van der Waals surface area contributed by atoms with Crippen molar-refractivity contribution < 1.29 is 49.8 Å². The summed E-state index contributed by atoms with van der Waals surface area (Å²) in [5.74, 6) is -1.57. The minimum absolute atomic E-state index is 0.0295. The van der Waals surface area contributed by atoms with Gasteiger partial charge in [0.2, 0.25) is 5.91 Å². The largest absolute Gasteiger partial charge is 0.417 e. The Morgan fingerprint density at radius 1 is 1.14 bits per heavy atom. The van der Waals surface area contributed by atoms with Crippen LogP contribution in [0.3, 0.4) is 0 Å². The van der Waals surface area contributed by atoms with Crippen molar-refractivity contribution in [3.8, 4) is 0 Å². The van der Waals surface area contributed by atoms with Gasteiger partial charge in [0.05, 0.1) is 24.3 Å². The van der Waals surface area contributed by atoms with Crippen LogP contribution in [0.2, 0.25) is 0 Å². The van der Waals surface area contributed by atoms with Crippen molar-refractivity contribution in [1.29, 1.82) is 0 Å². The van der Waals surface area contributed by atoms with Crippen LogP contribution in [0.25, 0.3) is 0 Å². The number of urea groups is 1. The second-order valence-electron chi connectivity index (χ2n) is 10.3. The van der Waals surface area contributed by atoms with E-state index in [2.05, 4.69) is 5.32 Å². The van der Waals surface area contributed by atoms with Crippen LogP contribution in [0.15, 0.2) is 18.2 Å². The zero-order valence-electron chi connectivity index (χ0n) is 19.4. The zero-order valence-corrected chi connectivity index (χ0v) is 19.4. The highest BCUT2D eigenvalue weighted by atomic mass is 19.4. The molecule has 1 aromatic rings. The number of carbonyl (C=O) groups is 2. The number of hydrogen-bond donors (Lipinski definition) is 1. The lowest BCUT2D eigenvalue weighted by Crippen LogP contribution is -2.74. The molecule has 5 rings (SSSR count). The molecule has 0 unspecified atom stereocenters. The van der Waals surface area contributed by atoms with Crippen molar-refractivity contribution in [2.75, 3.05) is 32.8 Å². The van der Waals surface area contributed by atoms with Crippen molar-refractivity contribution in [3.05, 3.63) is 35.1 Å². The third-order valence-corrected chi connectivity index (χ3v) is 7.64. The first kappa shape index (κ1) is 26.0. The van der Waals surface area contributed by atoms with E-state index in [0.29, 0.717) is 19.0 Å². The zero-order chi connectivity index (χ0) is 26.8. The first-order chi connectivity index (χ1) is 17.2. The minimum Gasteiger partial charge on any atom is -0.366 e. The summed E-state index contributed by atoms with van der Waals surface area (Å²) in [7, 11) is 0. The topological polar surface area (TPSA) is 71.1 Å². The fourth-order valence-corrected chi connectivity index (χ4v) is 5.80.